The molecule has 1 heteroatoms. The Bertz CT molecular complexity index is 863. The van der Waals surface area contributed by atoms with Gasteiger partial charge in [-0.2, -0.15) is 0 Å². The summed E-state index contributed by atoms with van der Waals surface area (Å²) < 4.78 is 15.0. The van der Waals surface area contributed by atoms with Gasteiger partial charge in [-0.25, -0.2) is 4.39 Å². The molecule has 168 valence electrons. The van der Waals surface area contributed by atoms with Crippen molar-refractivity contribution in [3.8, 4) is 0 Å². The average molecular weight is 421 g/mol. The summed E-state index contributed by atoms with van der Waals surface area (Å²) in [5.41, 5.74) is 2.32. The summed E-state index contributed by atoms with van der Waals surface area (Å²) in [5, 5.41) is 1.89. The average Bonchev–Trinajstić information content (AvgIpc) is 2.81. The molecule has 0 atom stereocenters. The molecule has 0 aliphatic heterocycles. The molecule has 2 fully saturated rings. The van der Waals surface area contributed by atoms with E-state index in [-0.39, 0.29) is 5.82 Å². The maximum atomic E-state index is 15.0. The van der Waals surface area contributed by atoms with Crippen molar-refractivity contribution >= 4 is 10.8 Å². The fourth-order valence-electron chi connectivity index (χ4n) is 6.37. The quantitative estimate of drug-likeness (QED) is 0.309. The highest BCUT2D eigenvalue weighted by Gasteiger charge is 2.30. The Balaban J connectivity index is 1.36. The van der Waals surface area contributed by atoms with Gasteiger partial charge in [0.05, 0.1) is 0 Å². The Morgan fingerprint density at radius 1 is 0.871 bits per heavy atom. The molecule has 0 bridgehead atoms. The van der Waals surface area contributed by atoms with Gasteiger partial charge >= 0.3 is 0 Å². The van der Waals surface area contributed by atoms with Crippen LogP contribution in [0.15, 0.2) is 42.5 Å². The Morgan fingerprint density at radius 2 is 1.58 bits per heavy atom. The van der Waals surface area contributed by atoms with Crippen molar-refractivity contribution in [1.29, 1.82) is 0 Å². The van der Waals surface area contributed by atoms with E-state index in [1.54, 1.807) is 0 Å². The maximum absolute atomic E-state index is 15.0. The predicted molar refractivity (Wildman–Crippen MR) is 132 cm³/mol. The summed E-state index contributed by atoms with van der Waals surface area (Å²) in [4.78, 5) is 0. The van der Waals surface area contributed by atoms with Crippen molar-refractivity contribution in [2.75, 3.05) is 0 Å². The molecular formula is C30H41F. The lowest BCUT2D eigenvalue weighted by Crippen LogP contribution is -2.25. The van der Waals surface area contributed by atoms with Crippen LogP contribution in [0.1, 0.15) is 102 Å². The van der Waals surface area contributed by atoms with Gasteiger partial charge < -0.3 is 0 Å². The first-order valence-electron chi connectivity index (χ1n) is 13.0. The zero-order valence-corrected chi connectivity index (χ0v) is 19.7. The van der Waals surface area contributed by atoms with Crippen LogP contribution < -0.4 is 0 Å². The first-order chi connectivity index (χ1) is 15.2. The minimum atomic E-state index is 0.0115. The first kappa shape index (κ1) is 22.6. The fraction of sp³-hybridized carbons (Fsp3) is 0.600. The second-order valence-electron chi connectivity index (χ2n) is 10.3. The van der Waals surface area contributed by atoms with E-state index in [4.69, 9.17) is 0 Å². The van der Waals surface area contributed by atoms with Crippen LogP contribution in [0.2, 0.25) is 0 Å². The molecule has 0 amide bonds. The van der Waals surface area contributed by atoms with Crippen LogP contribution in [0.5, 0.6) is 0 Å². The van der Waals surface area contributed by atoms with Gasteiger partial charge in [0, 0.05) is 5.39 Å². The maximum Gasteiger partial charge on any atom is 0.134 e. The third-order valence-electron chi connectivity index (χ3n) is 8.30. The smallest absolute Gasteiger partial charge is 0.134 e. The molecule has 2 aliphatic carbocycles. The Labute approximate surface area is 189 Å². The number of halogens is 1. The van der Waals surface area contributed by atoms with Gasteiger partial charge in [0.2, 0.25) is 0 Å². The van der Waals surface area contributed by atoms with E-state index in [9.17, 15) is 4.39 Å². The van der Waals surface area contributed by atoms with Crippen LogP contribution in [-0.4, -0.2) is 0 Å². The number of rotatable bonds is 7. The zero-order valence-electron chi connectivity index (χ0n) is 19.7. The first-order valence-corrected chi connectivity index (χ1v) is 13.0. The molecule has 2 aromatic rings. The van der Waals surface area contributed by atoms with Crippen molar-refractivity contribution in [3.05, 3.63) is 59.4 Å². The summed E-state index contributed by atoms with van der Waals surface area (Å²) in [7, 11) is 0. The zero-order chi connectivity index (χ0) is 21.6. The minimum absolute atomic E-state index is 0.0115. The molecule has 0 radical (unpaired) electrons. The van der Waals surface area contributed by atoms with Gasteiger partial charge in [-0.3, -0.25) is 0 Å². The van der Waals surface area contributed by atoms with Crippen molar-refractivity contribution < 1.29 is 4.39 Å². The normalized spacial score (nSPS) is 27.2. The van der Waals surface area contributed by atoms with E-state index < -0.39 is 0 Å². The molecular weight excluding hydrogens is 379 g/mol. The summed E-state index contributed by atoms with van der Waals surface area (Å²) in [6, 6.07) is 10.7. The van der Waals surface area contributed by atoms with Crippen molar-refractivity contribution in [2.45, 2.75) is 96.8 Å². The van der Waals surface area contributed by atoms with Gasteiger partial charge in [0.15, 0.2) is 0 Å². The van der Waals surface area contributed by atoms with E-state index in [0.29, 0.717) is 5.92 Å². The van der Waals surface area contributed by atoms with Crippen molar-refractivity contribution in [3.63, 3.8) is 0 Å². The third-order valence-corrected chi connectivity index (χ3v) is 8.30. The lowest BCUT2D eigenvalue weighted by molar-refractivity contribution is 0.171. The summed E-state index contributed by atoms with van der Waals surface area (Å²) in [6.45, 7) is 4.35. The van der Waals surface area contributed by atoms with E-state index in [0.717, 1.165) is 46.9 Å². The molecule has 0 saturated heterocycles. The molecule has 31 heavy (non-hydrogen) atoms. The molecule has 4 rings (SSSR count). The van der Waals surface area contributed by atoms with Gasteiger partial charge in [-0.15, -0.1) is 0 Å². The molecule has 2 aliphatic rings. The van der Waals surface area contributed by atoms with Crippen LogP contribution in [0.4, 0.5) is 4.39 Å². The topological polar surface area (TPSA) is 0 Å². The number of hydrogen-bond acceptors (Lipinski definition) is 0. The lowest BCUT2D eigenvalue weighted by Gasteiger charge is -2.37. The highest BCUT2D eigenvalue weighted by Crippen LogP contribution is 2.44. The number of unbranched alkanes of at least 4 members (excludes halogenated alkanes) is 2. The number of hydrogen-bond donors (Lipinski definition) is 0. The van der Waals surface area contributed by atoms with Crippen LogP contribution in [0, 0.1) is 23.6 Å². The monoisotopic (exact) mass is 420 g/mol. The minimum Gasteiger partial charge on any atom is -0.206 e. The molecule has 0 heterocycles. The predicted octanol–water partition coefficient (Wildman–Crippen LogP) is 9.37. The molecule has 0 N–H and O–H groups in total. The SMILES string of the molecule is C/C=C/C1CCC(C2CCC(c3ccc4c(F)c(CCCCC)ccc4c3)CC2)CC1. The molecule has 0 spiro atoms. The van der Waals surface area contributed by atoms with Crippen molar-refractivity contribution in [2.24, 2.45) is 17.8 Å². The Morgan fingerprint density at radius 3 is 2.26 bits per heavy atom. The van der Waals surface area contributed by atoms with Crippen LogP contribution in [0.25, 0.3) is 10.8 Å². The van der Waals surface area contributed by atoms with Crippen LogP contribution in [0.3, 0.4) is 0 Å². The number of aryl methyl sites for hydroxylation is 1. The van der Waals surface area contributed by atoms with E-state index >= 15 is 0 Å². The largest absolute Gasteiger partial charge is 0.206 e. The van der Waals surface area contributed by atoms with Crippen molar-refractivity contribution in [1.82, 2.24) is 0 Å². The molecule has 0 nitrogen and oxygen atoms in total. The van der Waals surface area contributed by atoms with E-state index in [1.165, 1.54) is 69.8 Å². The van der Waals surface area contributed by atoms with E-state index in [1.807, 2.05) is 6.07 Å². The van der Waals surface area contributed by atoms with Crippen LogP contribution >= 0.6 is 0 Å². The highest BCUT2D eigenvalue weighted by molar-refractivity contribution is 5.84. The third kappa shape index (κ3) is 5.41. The van der Waals surface area contributed by atoms with Gasteiger partial charge in [-0.05, 0) is 111 Å². The Hall–Kier alpha value is -1.63. The Kier molecular flexibility index (Phi) is 7.86. The van der Waals surface area contributed by atoms with Gasteiger partial charge in [-0.1, -0.05) is 62.2 Å². The molecule has 2 aromatic carbocycles. The second-order valence-corrected chi connectivity index (χ2v) is 10.3. The lowest BCUT2D eigenvalue weighted by atomic mass is 9.68. The number of benzene rings is 2. The second kappa shape index (κ2) is 10.8. The molecule has 0 aromatic heterocycles. The summed E-state index contributed by atoms with van der Waals surface area (Å²) >= 11 is 0. The summed E-state index contributed by atoms with van der Waals surface area (Å²) in [6.07, 6.45) is 20.0. The number of fused-ring (bicyclic) bond motifs is 1. The van der Waals surface area contributed by atoms with E-state index in [2.05, 4.69) is 50.3 Å². The highest BCUT2D eigenvalue weighted by atomic mass is 19.1. The standard InChI is InChI=1S/C30H41F/c1-3-5-6-8-26-17-18-28-21-27(19-20-29(28)30(26)31)25-15-13-24(14-16-25)23-11-9-22(7-4-2)10-12-23/h4,7,17-25H,3,5-6,8-16H2,1-2H3/b7-4+. The number of allylic oxidation sites excluding steroid dienone is 2. The molecule has 2 saturated carbocycles. The van der Waals surface area contributed by atoms with Crippen LogP contribution in [-0.2, 0) is 6.42 Å². The molecule has 0 unspecified atom stereocenters. The van der Waals surface area contributed by atoms with Gasteiger partial charge in [0.25, 0.3) is 0 Å². The van der Waals surface area contributed by atoms with Gasteiger partial charge in [0.1, 0.15) is 5.82 Å². The fourth-order valence-corrected chi connectivity index (χ4v) is 6.37. The summed E-state index contributed by atoms with van der Waals surface area (Å²) in [5.74, 6) is 3.40.